The Balaban J connectivity index is 1.36. The third-order valence-electron chi connectivity index (χ3n) is 7.38. The number of fused-ring (bicyclic) bond motifs is 1. The third kappa shape index (κ3) is 5.50. The highest BCUT2D eigenvalue weighted by atomic mass is 19.1. The monoisotopic (exact) mass is 523 g/mol. The Morgan fingerprint density at radius 1 is 1.18 bits per heavy atom. The molecule has 2 heterocycles. The Kier molecular flexibility index (Phi) is 7.34. The molecule has 3 aromatic rings. The molecule has 4 N–H and O–H groups in total. The molecule has 202 valence electrons. The number of nitrogens with one attached hydrogen (secondary N) is 3. The molecule has 38 heavy (non-hydrogen) atoms. The number of aromatic amines is 1. The molecule has 2 aromatic heterocycles. The maximum Gasteiger partial charge on any atom is 0.255 e. The van der Waals surface area contributed by atoms with Crippen LogP contribution in [-0.2, 0) is 4.79 Å². The van der Waals surface area contributed by atoms with E-state index in [0.29, 0.717) is 53.4 Å². The number of carbonyl (C=O) groups is 2. The van der Waals surface area contributed by atoms with Gasteiger partial charge in [-0.15, -0.1) is 0 Å². The van der Waals surface area contributed by atoms with Gasteiger partial charge in [0, 0.05) is 23.7 Å². The average molecular weight is 524 g/mol. The van der Waals surface area contributed by atoms with Crippen LogP contribution in [0.4, 0.5) is 4.39 Å². The molecule has 2 saturated carbocycles. The summed E-state index contributed by atoms with van der Waals surface area (Å²) >= 11 is 0. The number of ether oxygens (including phenoxy) is 1. The van der Waals surface area contributed by atoms with Gasteiger partial charge < -0.3 is 25.5 Å². The van der Waals surface area contributed by atoms with E-state index >= 15 is 0 Å². The molecule has 0 unspecified atom stereocenters. The zero-order chi connectivity index (χ0) is 27.0. The molecule has 2 amide bonds. The molecule has 0 saturated heterocycles. The summed E-state index contributed by atoms with van der Waals surface area (Å²) in [5.41, 5.74) is 4.74. The number of nitrogens with zero attached hydrogens (tertiary/aromatic N) is 2. The standard InChI is InChI=1S/C28H34FN5O4/c1-14-4-9-22(38-12-17-5-6-17)19(10-14)24-26-25(31-13-30-24)23(15(2)32-26)28(37)33-18-7-8-21(20(29)11-18)34-27(36)16(3)35/h4,9-10,13,16-18,20-21,32,35H,5-8,11-12H2,1-3H3,(H,33,37)(H,34,36)/t16-,18+,20+,21-/m0/s1. The first-order chi connectivity index (χ1) is 18.2. The molecule has 0 aliphatic heterocycles. The first-order valence-electron chi connectivity index (χ1n) is 13.2. The Labute approximate surface area is 220 Å². The second-order valence-corrected chi connectivity index (χ2v) is 10.6. The van der Waals surface area contributed by atoms with Crippen molar-refractivity contribution in [1.29, 1.82) is 0 Å². The smallest absolute Gasteiger partial charge is 0.255 e. The number of aliphatic hydroxyl groups excluding tert-OH is 1. The van der Waals surface area contributed by atoms with Crippen LogP contribution in [0.3, 0.4) is 0 Å². The molecule has 2 aliphatic carbocycles. The molecular formula is C28H34FN5O4. The number of aromatic nitrogens is 3. The van der Waals surface area contributed by atoms with Crippen LogP contribution >= 0.6 is 0 Å². The van der Waals surface area contributed by atoms with Gasteiger partial charge >= 0.3 is 0 Å². The van der Waals surface area contributed by atoms with E-state index in [-0.39, 0.29) is 18.4 Å². The van der Waals surface area contributed by atoms with Gasteiger partial charge in [0.1, 0.15) is 35.6 Å². The van der Waals surface area contributed by atoms with Gasteiger partial charge in [0.15, 0.2) is 0 Å². The van der Waals surface area contributed by atoms with Crippen molar-refractivity contribution in [3.05, 3.63) is 41.3 Å². The molecule has 0 spiro atoms. The van der Waals surface area contributed by atoms with Crippen molar-refractivity contribution in [2.75, 3.05) is 6.61 Å². The Morgan fingerprint density at radius 2 is 1.97 bits per heavy atom. The number of hydrogen-bond acceptors (Lipinski definition) is 6. The summed E-state index contributed by atoms with van der Waals surface area (Å²) in [6.45, 7) is 5.83. The minimum atomic E-state index is -1.33. The fraction of sp³-hybridized carbons (Fsp3) is 0.500. The number of amides is 2. The third-order valence-corrected chi connectivity index (χ3v) is 7.38. The number of rotatable bonds is 8. The number of carbonyl (C=O) groups excluding carboxylic acids is 2. The van der Waals surface area contributed by atoms with E-state index in [1.54, 1.807) is 0 Å². The lowest BCUT2D eigenvalue weighted by Crippen LogP contribution is -2.51. The largest absolute Gasteiger partial charge is 0.493 e. The van der Waals surface area contributed by atoms with Gasteiger partial charge in [-0.25, -0.2) is 14.4 Å². The predicted octanol–water partition coefficient (Wildman–Crippen LogP) is 3.52. The lowest BCUT2D eigenvalue weighted by Gasteiger charge is -2.32. The van der Waals surface area contributed by atoms with E-state index in [0.717, 1.165) is 16.9 Å². The summed E-state index contributed by atoms with van der Waals surface area (Å²) < 4.78 is 20.9. The van der Waals surface area contributed by atoms with Crippen molar-refractivity contribution in [1.82, 2.24) is 25.6 Å². The Hall–Kier alpha value is -3.53. The molecule has 4 atom stereocenters. The van der Waals surface area contributed by atoms with Crippen LogP contribution in [-0.4, -0.2) is 62.8 Å². The summed E-state index contributed by atoms with van der Waals surface area (Å²) in [7, 11) is 0. The Bertz CT molecular complexity index is 1350. The van der Waals surface area contributed by atoms with Crippen LogP contribution in [0.1, 0.15) is 60.6 Å². The van der Waals surface area contributed by atoms with Crippen molar-refractivity contribution in [2.45, 2.75) is 77.2 Å². The summed E-state index contributed by atoms with van der Waals surface area (Å²) in [6, 6.07) is 4.92. The molecule has 2 aliphatic rings. The fourth-order valence-electron chi connectivity index (χ4n) is 5.02. The number of halogens is 1. The van der Waals surface area contributed by atoms with Crippen LogP contribution in [0.15, 0.2) is 24.5 Å². The van der Waals surface area contributed by atoms with Gasteiger partial charge in [-0.05, 0) is 64.5 Å². The summed E-state index contributed by atoms with van der Waals surface area (Å²) in [5.74, 6) is 0.413. The predicted molar refractivity (Wildman–Crippen MR) is 141 cm³/mol. The molecule has 10 heteroatoms. The molecule has 5 rings (SSSR count). The van der Waals surface area contributed by atoms with Crippen molar-refractivity contribution in [3.8, 4) is 17.0 Å². The van der Waals surface area contributed by atoms with Gasteiger partial charge in [0.25, 0.3) is 5.91 Å². The molecule has 0 bridgehead atoms. The first kappa shape index (κ1) is 26.1. The van der Waals surface area contributed by atoms with Crippen LogP contribution in [0.2, 0.25) is 0 Å². The topological polar surface area (TPSA) is 129 Å². The maximum atomic E-state index is 14.8. The second kappa shape index (κ2) is 10.7. The van der Waals surface area contributed by atoms with E-state index in [9.17, 15) is 19.1 Å². The Morgan fingerprint density at radius 3 is 2.68 bits per heavy atom. The van der Waals surface area contributed by atoms with Gasteiger partial charge in [-0.1, -0.05) is 11.6 Å². The minimum Gasteiger partial charge on any atom is -0.493 e. The summed E-state index contributed by atoms with van der Waals surface area (Å²) in [5, 5.41) is 14.9. The molecule has 1 aromatic carbocycles. The highest BCUT2D eigenvalue weighted by molar-refractivity contribution is 6.09. The van der Waals surface area contributed by atoms with Crippen molar-refractivity contribution >= 4 is 22.8 Å². The number of benzene rings is 1. The lowest BCUT2D eigenvalue weighted by atomic mass is 9.89. The van der Waals surface area contributed by atoms with Crippen LogP contribution in [0.25, 0.3) is 22.3 Å². The zero-order valence-electron chi connectivity index (χ0n) is 21.9. The number of hydrogen-bond donors (Lipinski definition) is 4. The van der Waals surface area contributed by atoms with Crippen LogP contribution in [0.5, 0.6) is 5.75 Å². The van der Waals surface area contributed by atoms with Gasteiger partial charge in [0.05, 0.1) is 23.7 Å². The molecule has 0 radical (unpaired) electrons. The summed E-state index contributed by atoms with van der Waals surface area (Å²) in [6.07, 6.45) is 2.24. The van der Waals surface area contributed by atoms with E-state index < -0.39 is 24.2 Å². The quantitative estimate of drug-likeness (QED) is 0.358. The van der Waals surface area contributed by atoms with Gasteiger partial charge in [0.2, 0.25) is 5.91 Å². The average Bonchev–Trinajstić information content (AvgIpc) is 3.64. The summed E-state index contributed by atoms with van der Waals surface area (Å²) in [4.78, 5) is 37.4. The van der Waals surface area contributed by atoms with Crippen molar-refractivity contribution < 1.29 is 23.8 Å². The zero-order valence-corrected chi connectivity index (χ0v) is 21.9. The van der Waals surface area contributed by atoms with E-state index in [1.807, 2.05) is 32.0 Å². The van der Waals surface area contributed by atoms with Gasteiger partial charge in [-0.3, -0.25) is 9.59 Å². The van der Waals surface area contributed by atoms with E-state index in [1.165, 1.54) is 26.1 Å². The second-order valence-electron chi connectivity index (χ2n) is 10.6. The van der Waals surface area contributed by atoms with E-state index in [4.69, 9.17) is 4.74 Å². The minimum absolute atomic E-state index is 0.0725. The van der Waals surface area contributed by atoms with Gasteiger partial charge in [-0.2, -0.15) is 0 Å². The van der Waals surface area contributed by atoms with Crippen molar-refractivity contribution in [2.24, 2.45) is 5.92 Å². The maximum absolute atomic E-state index is 14.8. The highest BCUT2D eigenvalue weighted by Gasteiger charge is 2.34. The van der Waals surface area contributed by atoms with E-state index in [2.05, 4.69) is 25.6 Å². The van der Waals surface area contributed by atoms with Crippen LogP contribution < -0.4 is 15.4 Å². The number of H-pyrrole nitrogens is 1. The normalized spacial score (nSPS) is 22.2. The fourth-order valence-corrected chi connectivity index (χ4v) is 5.02. The molecule has 2 fully saturated rings. The lowest BCUT2D eigenvalue weighted by molar-refractivity contribution is -0.130. The molecule has 9 nitrogen and oxygen atoms in total. The van der Waals surface area contributed by atoms with Crippen molar-refractivity contribution in [3.63, 3.8) is 0 Å². The number of alkyl halides is 1. The highest BCUT2D eigenvalue weighted by Crippen LogP contribution is 2.37. The number of aryl methyl sites for hydroxylation is 2. The number of aliphatic hydroxyl groups is 1. The molecular weight excluding hydrogens is 489 g/mol. The van der Waals surface area contributed by atoms with Crippen LogP contribution in [0, 0.1) is 19.8 Å². The first-order valence-corrected chi connectivity index (χ1v) is 13.2. The SMILES string of the molecule is Cc1ccc(OCC2CC2)c(-c2ncnc3c(C(=O)N[C@@H]4CC[C@H](NC(=O)[C@H](C)O)[C@H](F)C4)c(C)[nH]c23)c1.